The van der Waals surface area contributed by atoms with Gasteiger partial charge in [-0.05, 0) is 49.1 Å². The van der Waals surface area contributed by atoms with Gasteiger partial charge in [-0.2, -0.15) is 5.26 Å². The van der Waals surface area contributed by atoms with Crippen LogP contribution < -0.4 is 0 Å². The van der Waals surface area contributed by atoms with Crippen LogP contribution in [0.3, 0.4) is 0 Å². The lowest BCUT2D eigenvalue weighted by Crippen LogP contribution is -2.12. The molecule has 106 valence electrons. The van der Waals surface area contributed by atoms with Gasteiger partial charge in [0, 0.05) is 16.4 Å². The predicted molar refractivity (Wildman–Crippen MR) is 84.3 cm³/mol. The minimum Gasteiger partial charge on any atom is -0.373 e. The van der Waals surface area contributed by atoms with E-state index in [1.807, 2.05) is 30.3 Å². The lowest BCUT2D eigenvalue weighted by Gasteiger charge is -2.25. The van der Waals surface area contributed by atoms with Crippen molar-refractivity contribution in [3.63, 3.8) is 0 Å². The second kappa shape index (κ2) is 6.80. The van der Waals surface area contributed by atoms with Crippen molar-refractivity contribution in [2.45, 2.75) is 35.2 Å². The number of nitriles is 1. The summed E-state index contributed by atoms with van der Waals surface area (Å²) in [4.78, 5) is 2.32. The second-order valence-electron chi connectivity index (χ2n) is 5.13. The van der Waals surface area contributed by atoms with Gasteiger partial charge in [-0.25, -0.2) is 0 Å². The lowest BCUT2D eigenvalue weighted by atomic mass is 10.0. The Labute approximate surface area is 129 Å². The molecule has 0 aromatic heterocycles. The number of hydrogen-bond acceptors (Lipinski definition) is 3. The Hall–Kier alpha value is -1.76. The Kier molecular flexibility index (Phi) is 4.59. The molecule has 0 radical (unpaired) electrons. The Morgan fingerprint density at radius 3 is 2.67 bits per heavy atom. The molecule has 1 aliphatic heterocycles. The fourth-order valence-corrected chi connectivity index (χ4v) is 3.61. The molecule has 0 spiro atoms. The Morgan fingerprint density at radius 1 is 1.10 bits per heavy atom. The summed E-state index contributed by atoms with van der Waals surface area (Å²) in [6.07, 6.45) is 3.58. The van der Waals surface area contributed by atoms with E-state index in [4.69, 9.17) is 10.00 Å². The fourth-order valence-electron chi connectivity index (χ4n) is 2.56. The third-order valence-corrected chi connectivity index (χ3v) is 4.72. The van der Waals surface area contributed by atoms with Gasteiger partial charge in [-0.3, -0.25) is 0 Å². The van der Waals surface area contributed by atoms with Gasteiger partial charge in [0.25, 0.3) is 0 Å². The van der Waals surface area contributed by atoms with Crippen molar-refractivity contribution in [2.75, 3.05) is 6.61 Å². The van der Waals surface area contributed by atoms with Crippen molar-refractivity contribution < 1.29 is 4.74 Å². The van der Waals surface area contributed by atoms with Crippen LogP contribution in [0.15, 0.2) is 58.3 Å². The number of nitrogens with zero attached hydrogens (tertiary/aromatic N) is 1. The first-order valence-corrected chi connectivity index (χ1v) is 8.07. The predicted octanol–water partition coefficient (Wildman–Crippen LogP) is 4.95. The summed E-state index contributed by atoms with van der Waals surface area (Å²) in [5, 5.41) is 9.14. The van der Waals surface area contributed by atoms with Crippen molar-refractivity contribution in [1.82, 2.24) is 0 Å². The molecule has 1 fully saturated rings. The molecule has 3 heteroatoms. The van der Waals surface area contributed by atoms with E-state index in [1.165, 1.54) is 16.9 Å². The molecule has 2 aromatic carbocycles. The molecule has 1 saturated heterocycles. The van der Waals surface area contributed by atoms with Crippen LogP contribution in [0.1, 0.15) is 36.5 Å². The van der Waals surface area contributed by atoms with Gasteiger partial charge in [-0.1, -0.05) is 36.0 Å². The van der Waals surface area contributed by atoms with E-state index in [-0.39, 0.29) is 6.10 Å². The maximum absolute atomic E-state index is 9.14. The molecule has 1 aliphatic rings. The molecule has 1 unspecified atom stereocenters. The first-order valence-electron chi connectivity index (χ1n) is 7.25. The summed E-state index contributed by atoms with van der Waals surface area (Å²) in [6, 6.07) is 18.4. The fraction of sp³-hybridized carbons (Fsp3) is 0.278. The normalized spacial score (nSPS) is 18.1. The minimum absolute atomic E-state index is 0.165. The maximum Gasteiger partial charge on any atom is 0.0992 e. The quantitative estimate of drug-likeness (QED) is 0.803. The molecule has 0 N–H and O–H groups in total. The molecule has 0 saturated carbocycles. The summed E-state index contributed by atoms with van der Waals surface area (Å²) in [5.74, 6) is 0. The van der Waals surface area contributed by atoms with Crippen LogP contribution in [0.2, 0.25) is 0 Å². The number of rotatable bonds is 3. The van der Waals surface area contributed by atoms with Crippen LogP contribution in [0.4, 0.5) is 0 Å². The summed E-state index contributed by atoms with van der Waals surface area (Å²) in [5.41, 5.74) is 1.91. The highest BCUT2D eigenvalue weighted by atomic mass is 32.2. The van der Waals surface area contributed by atoms with Crippen molar-refractivity contribution in [2.24, 2.45) is 0 Å². The zero-order chi connectivity index (χ0) is 14.5. The summed E-state index contributed by atoms with van der Waals surface area (Å²) in [6.45, 7) is 0.833. The lowest BCUT2D eigenvalue weighted by molar-refractivity contribution is 0.0134. The maximum atomic E-state index is 9.14. The number of hydrogen-bond donors (Lipinski definition) is 0. The van der Waals surface area contributed by atoms with Gasteiger partial charge >= 0.3 is 0 Å². The molecular weight excluding hydrogens is 278 g/mol. The van der Waals surface area contributed by atoms with Gasteiger partial charge < -0.3 is 4.74 Å². The number of benzene rings is 2. The van der Waals surface area contributed by atoms with Gasteiger partial charge in [-0.15, -0.1) is 0 Å². The van der Waals surface area contributed by atoms with Gasteiger partial charge in [0.15, 0.2) is 0 Å². The molecule has 1 heterocycles. The highest BCUT2D eigenvalue weighted by Crippen LogP contribution is 2.38. The molecule has 0 bridgehead atoms. The molecule has 2 nitrogen and oxygen atoms in total. The highest BCUT2D eigenvalue weighted by molar-refractivity contribution is 7.99. The smallest absolute Gasteiger partial charge is 0.0992 e. The zero-order valence-corrected chi connectivity index (χ0v) is 12.6. The van der Waals surface area contributed by atoms with Crippen molar-refractivity contribution in [3.8, 4) is 6.07 Å². The average Bonchev–Trinajstić information content (AvgIpc) is 2.56. The van der Waals surface area contributed by atoms with E-state index in [1.54, 1.807) is 11.8 Å². The molecular formula is C18H17NOS. The van der Waals surface area contributed by atoms with E-state index in [0.717, 1.165) is 24.3 Å². The van der Waals surface area contributed by atoms with E-state index >= 15 is 0 Å². The van der Waals surface area contributed by atoms with Crippen LogP contribution in [0, 0.1) is 11.3 Å². The van der Waals surface area contributed by atoms with Crippen molar-refractivity contribution in [1.29, 1.82) is 5.26 Å². The SMILES string of the molecule is N#Cc1ccc(C2CCCCO2)c(Sc2ccccc2)c1. The number of ether oxygens (including phenoxy) is 1. The average molecular weight is 295 g/mol. The molecule has 1 atom stereocenters. The molecule has 0 amide bonds. The van der Waals surface area contributed by atoms with Crippen LogP contribution >= 0.6 is 11.8 Å². The van der Waals surface area contributed by atoms with Gasteiger partial charge in [0.2, 0.25) is 0 Å². The van der Waals surface area contributed by atoms with Crippen LogP contribution in [0.25, 0.3) is 0 Å². The zero-order valence-electron chi connectivity index (χ0n) is 11.8. The van der Waals surface area contributed by atoms with E-state index in [0.29, 0.717) is 5.56 Å². The third-order valence-electron chi connectivity index (χ3n) is 3.64. The van der Waals surface area contributed by atoms with Crippen LogP contribution in [-0.4, -0.2) is 6.61 Å². The van der Waals surface area contributed by atoms with Crippen molar-refractivity contribution >= 4 is 11.8 Å². The Morgan fingerprint density at radius 2 is 1.95 bits per heavy atom. The first kappa shape index (κ1) is 14.2. The monoisotopic (exact) mass is 295 g/mol. The van der Waals surface area contributed by atoms with Crippen LogP contribution in [-0.2, 0) is 4.74 Å². The van der Waals surface area contributed by atoms with E-state index in [2.05, 4.69) is 24.3 Å². The minimum atomic E-state index is 0.165. The van der Waals surface area contributed by atoms with Crippen molar-refractivity contribution in [3.05, 3.63) is 59.7 Å². The molecule has 3 rings (SSSR count). The highest BCUT2D eigenvalue weighted by Gasteiger charge is 2.20. The molecule has 21 heavy (non-hydrogen) atoms. The topological polar surface area (TPSA) is 33.0 Å². The standard InChI is InChI=1S/C18H17NOS/c19-13-14-9-10-16(17-8-4-5-11-20-17)18(12-14)21-15-6-2-1-3-7-15/h1-3,6-7,9-10,12,17H,4-5,8,11H2. The van der Waals surface area contributed by atoms with Crippen LogP contribution in [0.5, 0.6) is 0 Å². The Bertz CT molecular complexity index is 642. The van der Waals surface area contributed by atoms with E-state index < -0.39 is 0 Å². The second-order valence-corrected chi connectivity index (χ2v) is 6.25. The summed E-state index contributed by atoms with van der Waals surface area (Å²) in [7, 11) is 0. The Balaban J connectivity index is 1.93. The third kappa shape index (κ3) is 3.47. The van der Waals surface area contributed by atoms with E-state index in [9.17, 15) is 0 Å². The summed E-state index contributed by atoms with van der Waals surface area (Å²) >= 11 is 1.71. The van der Waals surface area contributed by atoms with Gasteiger partial charge in [0.1, 0.15) is 0 Å². The first-order chi connectivity index (χ1) is 10.4. The summed E-state index contributed by atoms with van der Waals surface area (Å²) < 4.78 is 5.92. The largest absolute Gasteiger partial charge is 0.373 e. The van der Waals surface area contributed by atoms with Gasteiger partial charge in [0.05, 0.1) is 17.7 Å². The molecule has 0 aliphatic carbocycles. The molecule has 2 aromatic rings.